The number of amides is 1. The number of aryl methyl sites for hydroxylation is 1. The largest absolute Gasteiger partial charge is 0.489 e. The molecule has 0 aliphatic heterocycles. The summed E-state index contributed by atoms with van der Waals surface area (Å²) in [5.74, 6) is 0.343. The van der Waals surface area contributed by atoms with E-state index < -0.39 is 0 Å². The van der Waals surface area contributed by atoms with Gasteiger partial charge < -0.3 is 4.74 Å². The summed E-state index contributed by atoms with van der Waals surface area (Å²) < 4.78 is 5.73. The molecule has 4 nitrogen and oxygen atoms in total. The average Bonchev–Trinajstić information content (AvgIpc) is 2.72. The van der Waals surface area contributed by atoms with Crippen LogP contribution in [0.5, 0.6) is 5.75 Å². The summed E-state index contributed by atoms with van der Waals surface area (Å²) in [6.07, 6.45) is 0. The van der Waals surface area contributed by atoms with Crippen LogP contribution in [0.3, 0.4) is 0 Å². The summed E-state index contributed by atoms with van der Waals surface area (Å²) in [5.41, 5.74) is 6.77. The molecule has 0 aliphatic carbocycles. The molecule has 0 bridgehead atoms. The Morgan fingerprint density at radius 3 is 2.28 bits per heavy atom. The predicted molar refractivity (Wildman–Crippen MR) is 118 cm³/mol. The summed E-state index contributed by atoms with van der Waals surface area (Å²) in [6, 6.07) is 20.0. The van der Waals surface area contributed by atoms with Crippen LogP contribution in [0.25, 0.3) is 0 Å². The Labute approximate surface area is 180 Å². The minimum absolute atomic E-state index is 0.288. The molecule has 148 valence electrons. The lowest BCUT2D eigenvalue weighted by Gasteiger charge is -2.09. The summed E-state index contributed by atoms with van der Waals surface area (Å²) in [7, 11) is 0. The summed E-state index contributed by atoms with van der Waals surface area (Å²) in [6.45, 7) is 4.18. The maximum atomic E-state index is 12.3. The van der Waals surface area contributed by atoms with E-state index in [0.29, 0.717) is 28.0 Å². The summed E-state index contributed by atoms with van der Waals surface area (Å²) in [4.78, 5) is 12.3. The van der Waals surface area contributed by atoms with E-state index in [0.717, 1.165) is 16.8 Å². The molecule has 0 saturated carbocycles. The van der Waals surface area contributed by atoms with Crippen LogP contribution < -0.4 is 10.2 Å². The van der Waals surface area contributed by atoms with Crippen LogP contribution in [-0.4, -0.2) is 11.6 Å². The van der Waals surface area contributed by atoms with E-state index in [9.17, 15) is 4.79 Å². The lowest BCUT2D eigenvalue weighted by Crippen LogP contribution is -2.19. The van der Waals surface area contributed by atoms with Crippen molar-refractivity contribution >= 4 is 34.8 Å². The first-order valence-corrected chi connectivity index (χ1v) is 9.76. The van der Waals surface area contributed by atoms with E-state index in [1.54, 1.807) is 36.4 Å². The number of nitrogens with zero attached hydrogens (tertiary/aromatic N) is 1. The Morgan fingerprint density at radius 1 is 0.966 bits per heavy atom. The second kappa shape index (κ2) is 9.59. The molecule has 0 fully saturated rings. The van der Waals surface area contributed by atoms with Crippen LogP contribution in [0.4, 0.5) is 0 Å². The van der Waals surface area contributed by atoms with Crippen molar-refractivity contribution in [2.45, 2.75) is 20.5 Å². The molecular weight excluding hydrogens is 407 g/mol. The van der Waals surface area contributed by atoms with Crippen molar-refractivity contribution in [2.75, 3.05) is 0 Å². The topological polar surface area (TPSA) is 50.7 Å². The van der Waals surface area contributed by atoms with Gasteiger partial charge in [-0.3, -0.25) is 4.79 Å². The van der Waals surface area contributed by atoms with Gasteiger partial charge in [0.2, 0.25) is 0 Å². The average molecular weight is 427 g/mol. The first kappa shape index (κ1) is 20.9. The molecular formula is C23H20Cl2N2O2. The third kappa shape index (κ3) is 5.83. The lowest BCUT2D eigenvalue weighted by atomic mass is 10.1. The number of nitrogens with one attached hydrogen (secondary N) is 1. The van der Waals surface area contributed by atoms with Gasteiger partial charge in [0.25, 0.3) is 5.91 Å². The third-order valence-corrected chi connectivity index (χ3v) is 4.91. The van der Waals surface area contributed by atoms with Crippen molar-refractivity contribution in [3.63, 3.8) is 0 Å². The first-order chi connectivity index (χ1) is 13.9. The zero-order chi connectivity index (χ0) is 20.8. The van der Waals surface area contributed by atoms with Crippen molar-refractivity contribution < 1.29 is 9.53 Å². The number of benzene rings is 3. The molecule has 1 N–H and O–H groups in total. The van der Waals surface area contributed by atoms with Gasteiger partial charge in [0.1, 0.15) is 12.4 Å². The van der Waals surface area contributed by atoms with Crippen LogP contribution in [0, 0.1) is 6.92 Å². The lowest BCUT2D eigenvalue weighted by molar-refractivity contribution is 0.0955. The van der Waals surface area contributed by atoms with Crippen LogP contribution >= 0.6 is 23.2 Å². The zero-order valence-corrected chi connectivity index (χ0v) is 17.6. The van der Waals surface area contributed by atoms with Crippen molar-refractivity contribution in [3.8, 4) is 5.75 Å². The number of hydrogen-bond acceptors (Lipinski definition) is 3. The molecule has 0 aliphatic rings. The molecule has 3 aromatic carbocycles. The minimum Gasteiger partial charge on any atom is -0.489 e. The fourth-order valence-corrected chi connectivity index (χ4v) is 3.02. The van der Waals surface area contributed by atoms with Gasteiger partial charge in [-0.1, -0.05) is 59.1 Å². The van der Waals surface area contributed by atoms with Crippen LogP contribution in [0.1, 0.15) is 34.0 Å². The Bertz CT molecular complexity index is 1030. The predicted octanol–water partition coefficient (Wildman–Crippen LogP) is 6.03. The van der Waals surface area contributed by atoms with Gasteiger partial charge in [-0.25, -0.2) is 5.43 Å². The quantitative estimate of drug-likeness (QED) is 0.386. The van der Waals surface area contributed by atoms with Crippen molar-refractivity contribution in [3.05, 3.63) is 99.0 Å². The number of carbonyl (C=O) groups excluding carboxylic acids is 1. The number of rotatable bonds is 6. The number of hydrogen-bond donors (Lipinski definition) is 1. The Hall–Kier alpha value is -2.82. The maximum Gasteiger partial charge on any atom is 0.271 e. The molecule has 0 atom stereocenters. The number of ether oxygens (including phenoxy) is 1. The Kier molecular flexibility index (Phi) is 6.91. The fraction of sp³-hybridized carbons (Fsp3) is 0.130. The van der Waals surface area contributed by atoms with E-state index >= 15 is 0 Å². The van der Waals surface area contributed by atoms with Gasteiger partial charge in [-0.15, -0.1) is 0 Å². The van der Waals surface area contributed by atoms with Gasteiger partial charge in [-0.2, -0.15) is 5.10 Å². The summed E-state index contributed by atoms with van der Waals surface area (Å²) >= 11 is 12.0. The van der Waals surface area contributed by atoms with Gasteiger partial charge in [-0.05, 0) is 55.8 Å². The smallest absolute Gasteiger partial charge is 0.271 e. The Morgan fingerprint density at radius 2 is 1.62 bits per heavy atom. The molecule has 0 aromatic heterocycles. The molecule has 29 heavy (non-hydrogen) atoms. The molecule has 0 spiro atoms. The number of carbonyl (C=O) groups is 1. The third-order valence-electron chi connectivity index (χ3n) is 4.32. The SMILES string of the molecule is C/C(=N\NC(=O)c1ccc(OCc2ccc(Cl)cc2Cl)cc1)c1ccc(C)cc1. The highest BCUT2D eigenvalue weighted by molar-refractivity contribution is 6.35. The highest BCUT2D eigenvalue weighted by atomic mass is 35.5. The van der Waals surface area contributed by atoms with E-state index in [4.69, 9.17) is 27.9 Å². The molecule has 0 heterocycles. The molecule has 0 radical (unpaired) electrons. The molecule has 3 rings (SSSR count). The Balaban J connectivity index is 1.58. The zero-order valence-electron chi connectivity index (χ0n) is 16.1. The number of hydrazone groups is 1. The van der Waals surface area contributed by atoms with E-state index in [1.807, 2.05) is 44.2 Å². The molecule has 0 saturated heterocycles. The summed E-state index contributed by atoms with van der Waals surface area (Å²) in [5, 5.41) is 5.31. The van der Waals surface area contributed by atoms with Gasteiger partial charge in [0.15, 0.2) is 0 Å². The maximum absolute atomic E-state index is 12.3. The van der Waals surface area contributed by atoms with Crippen molar-refractivity contribution in [1.29, 1.82) is 0 Å². The number of halogens is 2. The second-order valence-corrected chi connectivity index (χ2v) is 7.40. The normalized spacial score (nSPS) is 11.2. The highest BCUT2D eigenvalue weighted by Crippen LogP contribution is 2.23. The van der Waals surface area contributed by atoms with Crippen LogP contribution in [0.15, 0.2) is 71.8 Å². The molecule has 0 unspecified atom stereocenters. The van der Waals surface area contributed by atoms with Crippen LogP contribution in [-0.2, 0) is 6.61 Å². The van der Waals surface area contributed by atoms with Gasteiger partial charge in [0.05, 0.1) is 5.71 Å². The van der Waals surface area contributed by atoms with Crippen molar-refractivity contribution in [2.24, 2.45) is 5.10 Å². The molecule has 3 aromatic rings. The monoisotopic (exact) mass is 426 g/mol. The van der Waals surface area contributed by atoms with E-state index in [-0.39, 0.29) is 5.91 Å². The standard InChI is InChI=1S/C23H20Cl2N2O2/c1-15-3-5-17(6-4-15)16(2)26-27-23(28)18-8-11-21(12-9-18)29-14-19-7-10-20(24)13-22(19)25/h3-13H,14H2,1-2H3,(H,27,28)/b26-16+. The van der Waals surface area contributed by atoms with E-state index in [1.165, 1.54) is 5.56 Å². The van der Waals surface area contributed by atoms with Gasteiger partial charge >= 0.3 is 0 Å². The fourth-order valence-electron chi connectivity index (χ4n) is 2.56. The first-order valence-electron chi connectivity index (χ1n) is 9.01. The molecule has 1 amide bonds. The van der Waals surface area contributed by atoms with Crippen LogP contribution in [0.2, 0.25) is 10.0 Å². The molecule has 6 heteroatoms. The van der Waals surface area contributed by atoms with Gasteiger partial charge in [0, 0.05) is 21.2 Å². The second-order valence-electron chi connectivity index (χ2n) is 6.55. The van der Waals surface area contributed by atoms with Crippen molar-refractivity contribution in [1.82, 2.24) is 5.43 Å². The highest BCUT2D eigenvalue weighted by Gasteiger charge is 2.07. The minimum atomic E-state index is -0.288. The van der Waals surface area contributed by atoms with E-state index in [2.05, 4.69) is 10.5 Å².